The molecule has 1 fully saturated rings. The normalized spacial score (nSPS) is 22.3. The molecule has 0 saturated carbocycles. The number of carbonyl (C=O) groups excluding carboxylic acids is 1. The molecule has 9 heteroatoms. The fourth-order valence-corrected chi connectivity index (χ4v) is 3.86. The number of hydrogen-bond donors (Lipinski definition) is 3. The minimum atomic E-state index is -1.41. The van der Waals surface area contributed by atoms with Crippen molar-refractivity contribution < 1.29 is 24.5 Å². The van der Waals surface area contributed by atoms with E-state index in [9.17, 15) is 24.6 Å². The van der Waals surface area contributed by atoms with Gasteiger partial charge in [0, 0.05) is 18.7 Å². The van der Waals surface area contributed by atoms with E-state index in [0.29, 0.717) is 0 Å². The van der Waals surface area contributed by atoms with E-state index in [2.05, 4.69) is 48.4 Å². The second kappa shape index (κ2) is 16.8. The van der Waals surface area contributed by atoms with E-state index >= 15 is 0 Å². The number of aliphatic hydroxyl groups is 2. The van der Waals surface area contributed by atoms with Crippen molar-refractivity contribution in [2.24, 2.45) is 0 Å². The highest BCUT2D eigenvalue weighted by atomic mass is 16.6. The first-order valence-electron chi connectivity index (χ1n) is 12.9. The smallest absolute Gasteiger partial charge is 0.330 e. The van der Waals surface area contributed by atoms with E-state index < -0.39 is 41.8 Å². The molecule has 1 aromatic heterocycles. The quantitative estimate of drug-likeness (QED) is 0.179. The summed E-state index contributed by atoms with van der Waals surface area (Å²) in [7, 11) is 0. The molecule has 4 atom stereocenters. The SMILES string of the molecule is CC/C=C/C/C=C/C/C=C/CCCCCCCC(=O)OC[C@H]1O[C@@H](n2ccc(=O)[nH]c2=O)[C@H](O)[C@@H]1O. The third kappa shape index (κ3) is 10.5. The van der Waals surface area contributed by atoms with Crippen LogP contribution in [0.2, 0.25) is 0 Å². The van der Waals surface area contributed by atoms with Gasteiger partial charge in [-0.05, 0) is 38.5 Å². The molecule has 1 aromatic rings. The van der Waals surface area contributed by atoms with Crippen LogP contribution in [0.3, 0.4) is 0 Å². The molecule has 2 heterocycles. The molecule has 0 amide bonds. The van der Waals surface area contributed by atoms with Gasteiger partial charge in [-0.15, -0.1) is 0 Å². The summed E-state index contributed by atoms with van der Waals surface area (Å²) in [5.74, 6) is -0.397. The lowest BCUT2D eigenvalue weighted by Gasteiger charge is -2.16. The first kappa shape index (κ1) is 29.5. The highest BCUT2D eigenvalue weighted by Gasteiger charge is 2.44. The number of nitrogens with one attached hydrogen (secondary N) is 1. The summed E-state index contributed by atoms with van der Waals surface area (Å²) in [6.45, 7) is 1.90. The van der Waals surface area contributed by atoms with Gasteiger partial charge < -0.3 is 19.7 Å². The maximum atomic E-state index is 12.0. The van der Waals surface area contributed by atoms with E-state index in [-0.39, 0.29) is 13.0 Å². The summed E-state index contributed by atoms with van der Waals surface area (Å²) >= 11 is 0. The maximum absolute atomic E-state index is 12.0. The first-order valence-corrected chi connectivity index (χ1v) is 12.9. The monoisotopic (exact) mass is 504 g/mol. The highest BCUT2D eigenvalue weighted by molar-refractivity contribution is 5.69. The molecule has 2 rings (SSSR count). The zero-order valence-corrected chi connectivity index (χ0v) is 21.1. The molecule has 0 bridgehead atoms. The molecule has 9 nitrogen and oxygen atoms in total. The molecule has 0 aromatic carbocycles. The van der Waals surface area contributed by atoms with Crippen LogP contribution < -0.4 is 11.2 Å². The van der Waals surface area contributed by atoms with Crippen LogP contribution in [-0.4, -0.2) is 50.7 Å². The summed E-state index contributed by atoms with van der Waals surface area (Å²) < 4.78 is 11.7. The Bertz CT molecular complexity index is 979. The lowest BCUT2D eigenvalue weighted by atomic mass is 10.1. The number of aromatic amines is 1. The fourth-order valence-electron chi connectivity index (χ4n) is 3.86. The van der Waals surface area contributed by atoms with Gasteiger partial charge in [-0.1, -0.05) is 62.6 Å². The summed E-state index contributed by atoms with van der Waals surface area (Å²) in [5.41, 5.74) is -1.35. The Morgan fingerprint density at radius 3 is 2.39 bits per heavy atom. The number of aromatic nitrogens is 2. The number of H-pyrrole nitrogens is 1. The number of hydrogen-bond acceptors (Lipinski definition) is 7. The van der Waals surface area contributed by atoms with Crippen molar-refractivity contribution in [1.82, 2.24) is 9.55 Å². The summed E-state index contributed by atoms with van der Waals surface area (Å²) in [6, 6.07) is 1.11. The predicted octanol–water partition coefficient (Wildman–Crippen LogP) is 3.29. The Balaban J connectivity index is 1.53. The molecule has 1 aliphatic rings. The highest BCUT2D eigenvalue weighted by Crippen LogP contribution is 2.28. The van der Waals surface area contributed by atoms with E-state index in [1.54, 1.807) is 0 Å². The zero-order valence-electron chi connectivity index (χ0n) is 21.1. The number of allylic oxidation sites excluding steroid dienone is 6. The average molecular weight is 505 g/mol. The zero-order chi connectivity index (χ0) is 26.2. The van der Waals surface area contributed by atoms with Crippen molar-refractivity contribution >= 4 is 5.97 Å². The molecular formula is C27H40N2O7. The molecule has 0 spiro atoms. The van der Waals surface area contributed by atoms with Crippen LogP contribution in [-0.2, 0) is 14.3 Å². The number of carbonyl (C=O) groups is 1. The minimum Gasteiger partial charge on any atom is -0.463 e. The Kier molecular flexibility index (Phi) is 13.8. The second-order valence-electron chi connectivity index (χ2n) is 8.85. The van der Waals surface area contributed by atoms with Gasteiger partial charge in [-0.25, -0.2) is 4.79 Å². The molecule has 0 aliphatic carbocycles. The number of unbranched alkanes of at least 4 members (excludes halogenated alkanes) is 5. The molecule has 200 valence electrons. The predicted molar refractivity (Wildman–Crippen MR) is 137 cm³/mol. The number of rotatable bonds is 16. The van der Waals surface area contributed by atoms with Crippen LogP contribution in [0.25, 0.3) is 0 Å². The molecular weight excluding hydrogens is 464 g/mol. The van der Waals surface area contributed by atoms with E-state index in [1.807, 2.05) is 0 Å². The molecule has 0 radical (unpaired) electrons. The lowest BCUT2D eigenvalue weighted by Crippen LogP contribution is -2.37. The van der Waals surface area contributed by atoms with Gasteiger partial charge in [0.1, 0.15) is 24.9 Å². The van der Waals surface area contributed by atoms with Gasteiger partial charge in [0.2, 0.25) is 0 Å². The maximum Gasteiger partial charge on any atom is 0.330 e. The van der Waals surface area contributed by atoms with E-state index in [1.165, 1.54) is 6.20 Å². The Labute approximate surface area is 212 Å². The largest absolute Gasteiger partial charge is 0.463 e. The summed E-state index contributed by atoms with van der Waals surface area (Å²) in [5, 5.41) is 20.4. The Morgan fingerprint density at radius 2 is 1.67 bits per heavy atom. The minimum absolute atomic E-state index is 0.234. The van der Waals surface area contributed by atoms with Gasteiger partial charge in [0.25, 0.3) is 5.56 Å². The lowest BCUT2D eigenvalue weighted by molar-refractivity contribution is -0.150. The summed E-state index contributed by atoms with van der Waals surface area (Å²) in [6.07, 6.45) is 18.7. The third-order valence-electron chi connectivity index (χ3n) is 5.90. The molecule has 3 N–H and O–H groups in total. The van der Waals surface area contributed by atoms with E-state index in [4.69, 9.17) is 9.47 Å². The van der Waals surface area contributed by atoms with Crippen molar-refractivity contribution in [2.75, 3.05) is 6.61 Å². The van der Waals surface area contributed by atoms with Crippen LogP contribution in [0, 0.1) is 0 Å². The number of aliphatic hydroxyl groups excluding tert-OH is 2. The standard InChI is InChI=1S/C27H40N2O7/c1-2-3-4-5-6-7-8-9-10-11-12-13-14-15-16-17-23(31)35-20-21-24(32)25(33)26(36-21)29-19-18-22(30)28-27(29)34/h3-4,6-7,9-10,18-19,21,24-26,32-33H,2,5,8,11-17,20H2,1H3,(H,28,30,34)/b4-3+,7-6+,10-9+/t21-,24-,25-,26-/m1/s1. The Hall–Kier alpha value is -2.75. The number of esters is 1. The molecule has 1 saturated heterocycles. The molecule has 36 heavy (non-hydrogen) atoms. The van der Waals surface area contributed by atoms with E-state index in [0.717, 1.165) is 68.4 Å². The number of ether oxygens (including phenoxy) is 2. The van der Waals surface area contributed by atoms with Gasteiger partial charge in [-0.3, -0.25) is 19.1 Å². The van der Waals surface area contributed by atoms with Crippen molar-refractivity contribution in [2.45, 2.75) is 95.7 Å². The molecule has 1 aliphatic heterocycles. The third-order valence-corrected chi connectivity index (χ3v) is 5.90. The number of nitrogens with zero attached hydrogens (tertiary/aromatic N) is 1. The van der Waals surface area contributed by atoms with Crippen molar-refractivity contribution in [3.8, 4) is 0 Å². The Morgan fingerprint density at radius 1 is 1.00 bits per heavy atom. The van der Waals surface area contributed by atoms with Crippen LogP contribution in [0.15, 0.2) is 58.3 Å². The van der Waals surface area contributed by atoms with Gasteiger partial charge in [-0.2, -0.15) is 0 Å². The van der Waals surface area contributed by atoms with Crippen LogP contribution in [0.5, 0.6) is 0 Å². The average Bonchev–Trinajstić information content (AvgIpc) is 3.13. The van der Waals surface area contributed by atoms with Crippen LogP contribution in [0.1, 0.15) is 77.4 Å². The first-order chi connectivity index (χ1) is 17.4. The van der Waals surface area contributed by atoms with Gasteiger partial charge in [0.15, 0.2) is 6.23 Å². The second-order valence-corrected chi connectivity index (χ2v) is 8.85. The topological polar surface area (TPSA) is 131 Å². The fraction of sp³-hybridized carbons (Fsp3) is 0.593. The van der Waals surface area contributed by atoms with Crippen molar-refractivity contribution in [1.29, 1.82) is 0 Å². The van der Waals surface area contributed by atoms with Gasteiger partial charge >= 0.3 is 11.7 Å². The summed E-state index contributed by atoms with van der Waals surface area (Å²) in [4.78, 5) is 37.2. The van der Waals surface area contributed by atoms with Gasteiger partial charge in [0.05, 0.1) is 0 Å². The van der Waals surface area contributed by atoms with Crippen molar-refractivity contribution in [3.63, 3.8) is 0 Å². The van der Waals surface area contributed by atoms with Crippen molar-refractivity contribution in [3.05, 3.63) is 69.6 Å². The van der Waals surface area contributed by atoms with Crippen LogP contribution >= 0.6 is 0 Å². The van der Waals surface area contributed by atoms with Crippen LogP contribution in [0.4, 0.5) is 0 Å². The molecule has 0 unspecified atom stereocenters.